The third kappa shape index (κ3) is 3.68. The average Bonchev–Trinajstić information content (AvgIpc) is 3.21. The number of hydrogen-bond acceptors (Lipinski definition) is 4. The van der Waals surface area contributed by atoms with Gasteiger partial charge in [-0.05, 0) is 55.3 Å². The molecule has 30 heavy (non-hydrogen) atoms. The van der Waals surface area contributed by atoms with Crippen LogP contribution in [-0.2, 0) is 0 Å². The molecule has 2 aromatic carbocycles. The lowest BCUT2D eigenvalue weighted by atomic mass is 9.94. The van der Waals surface area contributed by atoms with Gasteiger partial charge in [0.25, 0.3) is 5.89 Å². The predicted molar refractivity (Wildman–Crippen MR) is 107 cm³/mol. The van der Waals surface area contributed by atoms with Gasteiger partial charge < -0.3 is 9.84 Å². The number of amides is 2. The van der Waals surface area contributed by atoms with Crippen LogP contribution in [0, 0.1) is 11.6 Å². The molecule has 1 aromatic heterocycles. The van der Waals surface area contributed by atoms with Crippen LogP contribution in [0.25, 0.3) is 17.0 Å². The van der Waals surface area contributed by atoms with Crippen molar-refractivity contribution in [3.05, 3.63) is 77.3 Å². The molecule has 0 spiro atoms. The zero-order chi connectivity index (χ0) is 21.3. The van der Waals surface area contributed by atoms with Crippen molar-refractivity contribution in [2.75, 3.05) is 6.54 Å². The van der Waals surface area contributed by atoms with E-state index in [1.807, 2.05) is 13.8 Å². The van der Waals surface area contributed by atoms with Gasteiger partial charge in [0.05, 0.1) is 11.6 Å². The number of benzene rings is 2. The Balaban J connectivity index is 1.80. The van der Waals surface area contributed by atoms with Gasteiger partial charge in [-0.1, -0.05) is 24.2 Å². The van der Waals surface area contributed by atoms with E-state index in [0.29, 0.717) is 34.8 Å². The van der Waals surface area contributed by atoms with E-state index >= 15 is 0 Å². The van der Waals surface area contributed by atoms with Gasteiger partial charge in [0.15, 0.2) is 0 Å². The summed E-state index contributed by atoms with van der Waals surface area (Å²) in [6.45, 7) is 4.32. The zero-order valence-electron chi connectivity index (χ0n) is 16.5. The van der Waals surface area contributed by atoms with Crippen molar-refractivity contribution >= 4 is 11.6 Å². The number of hydrogen-bond donors (Lipinski definition) is 1. The fraction of sp³-hybridized carbons (Fsp3) is 0.227. The lowest BCUT2D eigenvalue weighted by Crippen LogP contribution is -2.46. The van der Waals surface area contributed by atoms with Gasteiger partial charge >= 0.3 is 6.03 Å². The number of halogens is 2. The molecule has 6 nitrogen and oxygen atoms in total. The van der Waals surface area contributed by atoms with Crippen molar-refractivity contribution in [3.8, 4) is 11.4 Å². The highest BCUT2D eigenvalue weighted by molar-refractivity contribution is 5.86. The summed E-state index contributed by atoms with van der Waals surface area (Å²) in [5.41, 5.74) is 2.62. The van der Waals surface area contributed by atoms with Gasteiger partial charge in [-0.2, -0.15) is 4.98 Å². The summed E-state index contributed by atoms with van der Waals surface area (Å²) >= 11 is 0. The molecule has 4 rings (SSSR count). The SMILES string of the molecule is CCCN1C(=O)NC(c2ccc(F)cc2)C(c2nc(-c3ccc(F)cc3)no2)=C1C. The maximum atomic E-state index is 13.4. The predicted octanol–water partition coefficient (Wildman–Crippen LogP) is 4.92. The van der Waals surface area contributed by atoms with E-state index in [4.69, 9.17) is 4.52 Å². The van der Waals surface area contributed by atoms with E-state index in [1.54, 1.807) is 29.2 Å². The Bertz CT molecular complexity index is 1090. The van der Waals surface area contributed by atoms with Gasteiger partial charge in [0.1, 0.15) is 11.6 Å². The number of urea groups is 1. The standard InChI is InChI=1S/C22H20F2N4O2/c1-3-12-28-13(2)18(19(25-22(28)29)14-4-8-16(23)9-5-14)21-26-20(27-30-21)15-6-10-17(24)11-7-15/h4-11,19H,3,12H2,1-2H3,(H,25,29). The smallest absolute Gasteiger partial charge is 0.322 e. The molecule has 0 bridgehead atoms. The molecular formula is C22H20F2N4O2. The second kappa shape index (κ2) is 8.06. The number of carbonyl (C=O) groups excluding carboxylic acids is 1. The van der Waals surface area contributed by atoms with Crippen LogP contribution in [0.15, 0.2) is 58.8 Å². The molecule has 154 valence electrons. The molecule has 1 aliphatic rings. The average molecular weight is 410 g/mol. The molecule has 2 amide bonds. The maximum Gasteiger partial charge on any atom is 0.322 e. The summed E-state index contributed by atoms with van der Waals surface area (Å²) in [6, 6.07) is 10.8. The minimum Gasteiger partial charge on any atom is -0.334 e. The summed E-state index contributed by atoms with van der Waals surface area (Å²) in [5, 5.41) is 6.98. The Hall–Kier alpha value is -3.55. The van der Waals surface area contributed by atoms with Gasteiger partial charge in [0, 0.05) is 17.8 Å². The topological polar surface area (TPSA) is 71.3 Å². The summed E-state index contributed by atoms with van der Waals surface area (Å²) in [6.07, 6.45) is 0.768. The van der Waals surface area contributed by atoms with Crippen molar-refractivity contribution in [3.63, 3.8) is 0 Å². The van der Waals surface area contributed by atoms with Crippen molar-refractivity contribution in [2.24, 2.45) is 0 Å². The number of nitrogens with zero attached hydrogens (tertiary/aromatic N) is 3. The first-order chi connectivity index (χ1) is 14.5. The molecule has 0 aliphatic carbocycles. The Morgan fingerprint density at radius 1 is 1.07 bits per heavy atom. The number of allylic oxidation sites excluding steroid dienone is 1. The first-order valence-corrected chi connectivity index (χ1v) is 9.62. The Morgan fingerprint density at radius 2 is 1.70 bits per heavy atom. The van der Waals surface area contributed by atoms with Crippen LogP contribution in [-0.4, -0.2) is 27.6 Å². The van der Waals surface area contributed by atoms with Crippen LogP contribution in [0.1, 0.15) is 37.8 Å². The first-order valence-electron chi connectivity index (χ1n) is 9.62. The van der Waals surface area contributed by atoms with Gasteiger partial charge in [-0.25, -0.2) is 13.6 Å². The maximum absolute atomic E-state index is 13.4. The molecule has 0 radical (unpaired) electrons. The van der Waals surface area contributed by atoms with Crippen molar-refractivity contribution < 1.29 is 18.1 Å². The highest BCUT2D eigenvalue weighted by Crippen LogP contribution is 2.37. The lowest BCUT2D eigenvalue weighted by Gasteiger charge is -2.35. The third-order valence-electron chi connectivity index (χ3n) is 5.01. The quantitative estimate of drug-likeness (QED) is 0.648. The first kappa shape index (κ1) is 19.8. The fourth-order valence-corrected chi connectivity index (χ4v) is 3.51. The highest BCUT2D eigenvalue weighted by Gasteiger charge is 2.35. The zero-order valence-corrected chi connectivity index (χ0v) is 16.5. The molecule has 8 heteroatoms. The Kier molecular flexibility index (Phi) is 5.31. The van der Waals surface area contributed by atoms with E-state index in [2.05, 4.69) is 15.5 Å². The van der Waals surface area contributed by atoms with E-state index in [9.17, 15) is 13.6 Å². The molecule has 1 N–H and O–H groups in total. The molecule has 1 atom stereocenters. The third-order valence-corrected chi connectivity index (χ3v) is 5.01. The Morgan fingerprint density at radius 3 is 2.33 bits per heavy atom. The molecule has 0 saturated heterocycles. The van der Waals surface area contributed by atoms with Crippen LogP contribution in [0.3, 0.4) is 0 Å². The highest BCUT2D eigenvalue weighted by atomic mass is 19.1. The second-order valence-electron chi connectivity index (χ2n) is 7.01. The molecule has 0 fully saturated rings. The van der Waals surface area contributed by atoms with E-state index in [1.165, 1.54) is 24.3 Å². The summed E-state index contributed by atoms with van der Waals surface area (Å²) in [7, 11) is 0. The Labute approximate surface area is 172 Å². The molecule has 1 aliphatic heterocycles. The van der Waals surface area contributed by atoms with E-state index in [0.717, 1.165) is 6.42 Å². The number of carbonyl (C=O) groups is 1. The molecular weight excluding hydrogens is 390 g/mol. The van der Waals surface area contributed by atoms with Crippen LogP contribution < -0.4 is 5.32 Å². The van der Waals surface area contributed by atoms with Gasteiger partial charge in [-0.15, -0.1) is 0 Å². The molecule has 0 saturated carbocycles. The van der Waals surface area contributed by atoms with Crippen molar-refractivity contribution in [2.45, 2.75) is 26.3 Å². The number of rotatable bonds is 5. The van der Waals surface area contributed by atoms with Crippen LogP contribution in [0.2, 0.25) is 0 Å². The van der Waals surface area contributed by atoms with Gasteiger partial charge in [0.2, 0.25) is 5.82 Å². The molecule has 1 unspecified atom stereocenters. The summed E-state index contributed by atoms with van der Waals surface area (Å²) in [5.74, 6) is -0.181. The van der Waals surface area contributed by atoms with E-state index < -0.39 is 6.04 Å². The lowest BCUT2D eigenvalue weighted by molar-refractivity contribution is 0.205. The largest absolute Gasteiger partial charge is 0.334 e. The number of aromatic nitrogens is 2. The second-order valence-corrected chi connectivity index (χ2v) is 7.01. The van der Waals surface area contributed by atoms with E-state index in [-0.39, 0.29) is 23.6 Å². The van der Waals surface area contributed by atoms with Crippen LogP contribution in [0.5, 0.6) is 0 Å². The minimum absolute atomic E-state index is 0.238. The van der Waals surface area contributed by atoms with Crippen LogP contribution >= 0.6 is 0 Å². The monoisotopic (exact) mass is 410 g/mol. The fourth-order valence-electron chi connectivity index (χ4n) is 3.51. The van der Waals surface area contributed by atoms with Crippen molar-refractivity contribution in [1.29, 1.82) is 0 Å². The number of nitrogens with one attached hydrogen (secondary N) is 1. The molecule has 3 aromatic rings. The summed E-state index contributed by atoms with van der Waals surface area (Å²) < 4.78 is 32.2. The summed E-state index contributed by atoms with van der Waals surface area (Å²) in [4.78, 5) is 18.8. The minimum atomic E-state index is -0.576. The van der Waals surface area contributed by atoms with Crippen molar-refractivity contribution in [1.82, 2.24) is 20.4 Å². The normalized spacial score (nSPS) is 16.7. The van der Waals surface area contributed by atoms with Gasteiger partial charge in [-0.3, -0.25) is 4.90 Å². The molecule has 2 heterocycles. The van der Waals surface area contributed by atoms with Crippen LogP contribution in [0.4, 0.5) is 13.6 Å².